The fraction of sp³-hybridized carbons (Fsp3) is 0.667. The molecule has 0 aliphatic rings. The van der Waals surface area contributed by atoms with Gasteiger partial charge in [-0.25, -0.2) is 0 Å². The lowest BCUT2D eigenvalue weighted by molar-refractivity contribution is 0.0314. The first-order valence-corrected chi connectivity index (χ1v) is 8.20. The van der Waals surface area contributed by atoms with Gasteiger partial charge in [-0.3, -0.25) is 0 Å². The van der Waals surface area contributed by atoms with Gasteiger partial charge < -0.3 is 10.1 Å². The van der Waals surface area contributed by atoms with E-state index in [-0.39, 0.29) is 6.10 Å². The van der Waals surface area contributed by atoms with Crippen LogP contribution in [0.2, 0.25) is 0 Å². The second kappa shape index (κ2) is 9.95. The highest BCUT2D eigenvalue weighted by Gasteiger charge is 2.21. The van der Waals surface area contributed by atoms with Crippen molar-refractivity contribution in [1.82, 2.24) is 5.32 Å². The zero-order valence-corrected chi connectivity index (χ0v) is 13.6. The molecule has 0 bridgehead atoms. The van der Waals surface area contributed by atoms with Crippen LogP contribution < -0.4 is 5.32 Å². The van der Waals surface area contributed by atoms with E-state index in [4.69, 9.17) is 4.74 Å². The van der Waals surface area contributed by atoms with Gasteiger partial charge in [-0.15, -0.1) is 0 Å². The van der Waals surface area contributed by atoms with Crippen molar-refractivity contribution >= 4 is 0 Å². The Labute approximate surface area is 124 Å². The van der Waals surface area contributed by atoms with Crippen molar-refractivity contribution in [2.24, 2.45) is 0 Å². The number of benzene rings is 1. The summed E-state index contributed by atoms with van der Waals surface area (Å²) in [5.41, 5.74) is 2.77. The van der Waals surface area contributed by atoms with Gasteiger partial charge in [0.2, 0.25) is 0 Å². The molecule has 1 N–H and O–H groups in total. The van der Waals surface area contributed by atoms with Gasteiger partial charge in [-0.2, -0.15) is 0 Å². The average Bonchev–Trinajstić information content (AvgIpc) is 2.48. The molecule has 20 heavy (non-hydrogen) atoms. The first kappa shape index (κ1) is 17.2. The maximum atomic E-state index is 5.92. The summed E-state index contributed by atoms with van der Waals surface area (Å²) in [6.07, 6.45) is 4.80. The summed E-state index contributed by atoms with van der Waals surface area (Å²) in [5, 5.41) is 3.65. The summed E-state index contributed by atoms with van der Waals surface area (Å²) in [7, 11) is 0. The van der Waals surface area contributed by atoms with Crippen molar-refractivity contribution in [3.8, 4) is 0 Å². The monoisotopic (exact) mass is 277 g/mol. The molecule has 0 amide bonds. The highest BCUT2D eigenvalue weighted by atomic mass is 16.5. The third kappa shape index (κ3) is 5.26. The zero-order valence-electron chi connectivity index (χ0n) is 13.6. The predicted octanol–water partition coefficient (Wildman–Crippen LogP) is 4.49. The van der Waals surface area contributed by atoms with E-state index in [1.807, 2.05) is 0 Å². The van der Waals surface area contributed by atoms with E-state index in [9.17, 15) is 0 Å². The normalized spacial score (nSPS) is 14.2. The minimum absolute atomic E-state index is 0.253. The van der Waals surface area contributed by atoms with E-state index in [1.54, 1.807) is 0 Å². The third-order valence-electron chi connectivity index (χ3n) is 3.65. The maximum absolute atomic E-state index is 5.92. The van der Waals surface area contributed by atoms with Crippen molar-refractivity contribution < 1.29 is 4.74 Å². The number of nitrogens with one attached hydrogen (secondary N) is 1. The van der Waals surface area contributed by atoms with Gasteiger partial charge >= 0.3 is 0 Å². The molecule has 2 atom stereocenters. The Bertz CT molecular complexity index is 347. The Balaban J connectivity index is 2.84. The molecule has 2 nitrogen and oxygen atoms in total. The van der Waals surface area contributed by atoms with Crippen molar-refractivity contribution in [1.29, 1.82) is 0 Å². The average molecular weight is 277 g/mol. The molecular weight excluding hydrogens is 246 g/mol. The fourth-order valence-corrected chi connectivity index (χ4v) is 2.61. The molecule has 0 spiro atoms. The Hall–Kier alpha value is -0.860. The molecule has 0 radical (unpaired) electrons. The summed E-state index contributed by atoms with van der Waals surface area (Å²) in [5.74, 6) is 0. The lowest BCUT2D eigenvalue weighted by Crippen LogP contribution is -2.34. The summed E-state index contributed by atoms with van der Waals surface area (Å²) in [4.78, 5) is 0. The topological polar surface area (TPSA) is 21.3 Å². The molecule has 0 fully saturated rings. The van der Waals surface area contributed by atoms with E-state index in [0.29, 0.717) is 6.04 Å². The molecule has 1 aromatic rings. The summed E-state index contributed by atoms with van der Waals surface area (Å²) >= 11 is 0. The van der Waals surface area contributed by atoms with Gasteiger partial charge in [-0.05, 0) is 43.9 Å². The SMILES string of the molecule is CCCNC(c1ccc(CCC)cc1)C(CC)OCC. The summed E-state index contributed by atoms with van der Waals surface area (Å²) in [6.45, 7) is 10.5. The minimum Gasteiger partial charge on any atom is -0.377 e. The van der Waals surface area contributed by atoms with Gasteiger partial charge in [0.1, 0.15) is 0 Å². The molecule has 1 rings (SSSR count). The van der Waals surface area contributed by atoms with Crippen LogP contribution in [0, 0.1) is 0 Å². The molecule has 2 heteroatoms. The number of hydrogen-bond donors (Lipinski definition) is 1. The first-order chi connectivity index (χ1) is 9.76. The molecule has 1 aromatic carbocycles. The molecule has 0 saturated heterocycles. The van der Waals surface area contributed by atoms with Crippen LogP contribution in [-0.4, -0.2) is 19.3 Å². The van der Waals surface area contributed by atoms with E-state index in [1.165, 1.54) is 17.5 Å². The van der Waals surface area contributed by atoms with Gasteiger partial charge in [0, 0.05) is 6.61 Å². The molecule has 0 saturated carbocycles. The lowest BCUT2D eigenvalue weighted by atomic mass is 9.97. The van der Waals surface area contributed by atoms with E-state index in [0.717, 1.165) is 32.4 Å². The molecular formula is C18H31NO. The molecule has 114 valence electrons. The Morgan fingerprint density at radius 3 is 2.20 bits per heavy atom. The van der Waals surface area contributed by atoms with Crippen molar-refractivity contribution in [3.63, 3.8) is 0 Å². The first-order valence-electron chi connectivity index (χ1n) is 8.20. The van der Waals surface area contributed by atoms with Gasteiger partial charge in [0.05, 0.1) is 12.1 Å². The number of rotatable bonds is 10. The van der Waals surface area contributed by atoms with Crippen LogP contribution in [0.5, 0.6) is 0 Å². The van der Waals surface area contributed by atoms with Gasteiger partial charge in [0.25, 0.3) is 0 Å². The highest BCUT2D eigenvalue weighted by molar-refractivity contribution is 5.26. The van der Waals surface area contributed by atoms with E-state index >= 15 is 0 Å². The number of aryl methyl sites for hydroxylation is 1. The fourth-order valence-electron chi connectivity index (χ4n) is 2.61. The summed E-state index contributed by atoms with van der Waals surface area (Å²) < 4.78 is 5.92. The number of ether oxygens (including phenoxy) is 1. The minimum atomic E-state index is 0.253. The van der Waals surface area contributed by atoms with Crippen LogP contribution in [0.4, 0.5) is 0 Å². The van der Waals surface area contributed by atoms with E-state index < -0.39 is 0 Å². The van der Waals surface area contributed by atoms with Gasteiger partial charge in [0.15, 0.2) is 0 Å². The maximum Gasteiger partial charge on any atom is 0.0766 e. The zero-order chi connectivity index (χ0) is 14.8. The van der Waals surface area contributed by atoms with Crippen molar-refractivity contribution in [3.05, 3.63) is 35.4 Å². The highest BCUT2D eigenvalue weighted by Crippen LogP contribution is 2.22. The largest absolute Gasteiger partial charge is 0.377 e. The van der Waals surface area contributed by atoms with Crippen molar-refractivity contribution in [2.45, 2.75) is 65.5 Å². The Morgan fingerprint density at radius 1 is 1.00 bits per heavy atom. The second-order valence-corrected chi connectivity index (χ2v) is 5.33. The van der Waals surface area contributed by atoms with Gasteiger partial charge in [-0.1, -0.05) is 51.5 Å². The van der Waals surface area contributed by atoms with Crippen LogP contribution in [-0.2, 0) is 11.2 Å². The number of hydrogen-bond acceptors (Lipinski definition) is 2. The molecule has 0 heterocycles. The van der Waals surface area contributed by atoms with Crippen LogP contribution in [0.1, 0.15) is 64.1 Å². The van der Waals surface area contributed by atoms with Crippen LogP contribution in [0.3, 0.4) is 0 Å². The smallest absolute Gasteiger partial charge is 0.0766 e. The molecule has 0 aliphatic carbocycles. The molecule has 0 aliphatic heterocycles. The quantitative estimate of drug-likeness (QED) is 0.680. The van der Waals surface area contributed by atoms with E-state index in [2.05, 4.69) is 57.3 Å². The molecule has 0 aromatic heterocycles. The standard InChI is InChI=1S/C18H31NO/c1-5-9-15-10-12-16(13-11-15)18(19-14-6-2)17(7-3)20-8-4/h10-13,17-19H,5-9,14H2,1-4H3. The summed E-state index contributed by atoms with van der Waals surface area (Å²) in [6, 6.07) is 9.35. The lowest BCUT2D eigenvalue weighted by Gasteiger charge is -2.28. The molecule has 2 unspecified atom stereocenters. The predicted molar refractivity (Wildman–Crippen MR) is 87.2 cm³/mol. The van der Waals surface area contributed by atoms with Crippen molar-refractivity contribution in [2.75, 3.05) is 13.2 Å². The Kier molecular flexibility index (Phi) is 8.56. The van der Waals surface area contributed by atoms with Crippen LogP contribution >= 0.6 is 0 Å². The van der Waals surface area contributed by atoms with Crippen LogP contribution in [0.25, 0.3) is 0 Å². The Morgan fingerprint density at radius 2 is 1.70 bits per heavy atom. The third-order valence-corrected chi connectivity index (χ3v) is 3.65. The van der Waals surface area contributed by atoms with Crippen LogP contribution in [0.15, 0.2) is 24.3 Å². The second-order valence-electron chi connectivity index (χ2n) is 5.33.